The van der Waals surface area contributed by atoms with Gasteiger partial charge in [-0.3, -0.25) is 4.79 Å². The van der Waals surface area contributed by atoms with Crippen molar-refractivity contribution in [3.05, 3.63) is 0 Å². The SMILES string of the molecule is CCCC1CCN(C(=O)CC2(CS)CC2)C1. The van der Waals surface area contributed by atoms with Crippen LogP contribution in [0.4, 0.5) is 0 Å². The lowest BCUT2D eigenvalue weighted by atomic mass is 10.0. The third kappa shape index (κ3) is 2.73. The molecule has 1 aliphatic heterocycles. The zero-order chi connectivity index (χ0) is 11.6. The van der Waals surface area contributed by atoms with Gasteiger partial charge in [0.1, 0.15) is 0 Å². The fourth-order valence-corrected chi connectivity index (χ4v) is 3.13. The Morgan fingerprint density at radius 3 is 2.81 bits per heavy atom. The minimum absolute atomic E-state index is 0.281. The fourth-order valence-electron chi connectivity index (χ4n) is 2.70. The van der Waals surface area contributed by atoms with Crippen molar-refractivity contribution >= 4 is 18.5 Å². The van der Waals surface area contributed by atoms with Gasteiger partial charge in [0.25, 0.3) is 0 Å². The Balaban J connectivity index is 1.78. The lowest BCUT2D eigenvalue weighted by Crippen LogP contribution is -2.31. The molecule has 1 amide bonds. The molecule has 2 aliphatic rings. The third-order valence-electron chi connectivity index (χ3n) is 4.15. The molecule has 0 spiro atoms. The van der Waals surface area contributed by atoms with Crippen LogP contribution in [0.15, 0.2) is 0 Å². The van der Waals surface area contributed by atoms with Crippen LogP contribution in [-0.4, -0.2) is 29.6 Å². The normalized spacial score (nSPS) is 27.1. The maximum absolute atomic E-state index is 12.1. The van der Waals surface area contributed by atoms with Gasteiger partial charge in [-0.2, -0.15) is 12.6 Å². The van der Waals surface area contributed by atoms with Crippen molar-refractivity contribution in [1.82, 2.24) is 4.90 Å². The average molecular weight is 241 g/mol. The highest BCUT2D eigenvalue weighted by Crippen LogP contribution is 2.50. The second-order valence-corrected chi connectivity index (χ2v) is 5.93. The summed E-state index contributed by atoms with van der Waals surface area (Å²) in [4.78, 5) is 14.2. The van der Waals surface area contributed by atoms with Gasteiger partial charge in [-0.1, -0.05) is 13.3 Å². The summed E-state index contributed by atoms with van der Waals surface area (Å²) in [6, 6.07) is 0. The molecule has 0 aromatic heterocycles. The molecular formula is C13H23NOS. The summed E-state index contributed by atoms with van der Waals surface area (Å²) in [6.45, 7) is 4.23. The van der Waals surface area contributed by atoms with Gasteiger partial charge < -0.3 is 4.90 Å². The summed E-state index contributed by atoms with van der Waals surface area (Å²) < 4.78 is 0. The molecule has 2 nitrogen and oxygen atoms in total. The number of carbonyl (C=O) groups excluding carboxylic acids is 1. The first-order valence-corrected chi connectivity index (χ1v) is 7.21. The Kier molecular flexibility index (Phi) is 3.83. The first kappa shape index (κ1) is 12.3. The van der Waals surface area contributed by atoms with Crippen LogP contribution in [0, 0.1) is 11.3 Å². The second-order valence-electron chi connectivity index (χ2n) is 5.62. The summed E-state index contributed by atoms with van der Waals surface area (Å²) in [6.07, 6.45) is 6.89. The van der Waals surface area contributed by atoms with E-state index in [9.17, 15) is 4.79 Å². The number of carbonyl (C=O) groups is 1. The predicted octanol–water partition coefficient (Wildman–Crippen LogP) is 2.74. The van der Waals surface area contributed by atoms with Crippen LogP contribution in [0.5, 0.6) is 0 Å². The van der Waals surface area contributed by atoms with E-state index in [0.29, 0.717) is 5.91 Å². The van der Waals surface area contributed by atoms with E-state index >= 15 is 0 Å². The molecule has 1 heterocycles. The van der Waals surface area contributed by atoms with Crippen LogP contribution in [-0.2, 0) is 4.79 Å². The number of rotatable bonds is 5. The van der Waals surface area contributed by atoms with Gasteiger partial charge in [0.05, 0.1) is 0 Å². The predicted molar refractivity (Wildman–Crippen MR) is 69.7 cm³/mol. The number of thiol groups is 1. The Labute approximate surface area is 104 Å². The highest BCUT2D eigenvalue weighted by atomic mass is 32.1. The smallest absolute Gasteiger partial charge is 0.223 e. The molecule has 1 unspecified atom stereocenters. The molecule has 0 aromatic carbocycles. The minimum Gasteiger partial charge on any atom is -0.342 e. The molecule has 0 bridgehead atoms. The van der Waals surface area contributed by atoms with Crippen LogP contribution < -0.4 is 0 Å². The molecule has 3 heteroatoms. The molecule has 1 saturated heterocycles. The highest BCUT2D eigenvalue weighted by molar-refractivity contribution is 7.80. The topological polar surface area (TPSA) is 20.3 Å². The Morgan fingerprint density at radius 2 is 2.25 bits per heavy atom. The van der Waals surface area contributed by atoms with Gasteiger partial charge in [-0.05, 0) is 42.8 Å². The molecule has 16 heavy (non-hydrogen) atoms. The van der Waals surface area contributed by atoms with Crippen molar-refractivity contribution in [3.63, 3.8) is 0 Å². The van der Waals surface area contributed by atoms with E-state index in [1.807, 2.05) is 0 Å². The number of nitrogens with zero attached hydrogens (tertiary/aromatic N) is 1. The first-order chi connectivity index (χ1) is 7.69. The number of hydrogen-bond donors (Lipinski definition) is 1. The maximum atomic E-state index is 12.1. The van der Waals surface area contributed by atoms with Gasteiger partial charge in [-0.25, -0.2) is 0 Å². The zero-order valence-electron chi connectivity index (χ0n) is 10.2. The van der Waals surface area contributed by atoms with Crippen LogP contribution in [0.25, 0.3) is 0 Å². The molecule has 0 N–H and O–H groups in total. The molecular weight excluding hydrogens is 218 g/mol. The van der Waals surface area contributed by atoms with E-state index in [-0.39, 0.29) is 5.41 Å². The monoisotopic (exact) mass is 241 g/mol. The van der Waals surface area contributed by atoms with E-state index in [1.54, 1.807) is 0 Å². The summed E-state index contributed by atoms with van der Waals surface area (Å²) in [5.74, 6) is 2.02. The van der Waals surface area contributed by atoms with Crippen LogP contribution in [0.2, 0.25) is 0 Å². The molecule has 92 valence electrons. The fraction of sp³-hybridized carbons (Fsp3) is 0.923. The molecule has 0 aromatic rings. The van der Waals surface area contributed by atoms with Crippen molar-refractivity contribution in [2.75, 3.05) is 18.8 Å². The van der Waals surface area contributed by atoms with Crippen LogP contribution in [0.1, 0.15) is 45.4 Å². The average Bonchev–Trinajstić information content (AvgIpc) is 2.88. The molecule has 1 atom stereocenters. The van der Waals surface area contributed by atoms with Gasteiger partial charge in [0.2, 0.25) is 5.91 Å². The summed E-state index contributed by atoms with van der Waals surface area (Å²) in [5, 5.41) is 0. The van der Waals surface area contributed by atoms with Crippen LogP contribution >= 0.6 is 12.6 Å². The third-order valence-corrected chi connectivity index (χ3v) is 4.83. The maximum Gasteiger partial charge on any atom is 0.223 e. The summed E-state index contributed by atoms with van der Waals surface area (Å²) >= 11 is 4.36. The van der Waals surface area contributed by atoms with Gasteiger partial charge in [0, 0.05) is 19.5 Å². The standard InChI is InChI=1S/C13H23NOS/c1-2-3-11-4-7-14(9-11)12(15)8-13(10-16)5-6-13/h11,16H,2-10H2,1H3. The second kappa shape index (κ2) is 4.99. The highest BCUT2D eigenvalue weighted by Gasteiger charge is 2.44. The summed E-state index contributed by atoms with van der Waals surface area (Å²) in [5.41, 5.74) is 0.281. The van der Waals surface area contributed by atoms with E-state index in [1.165, 1.54) is 32.1 Å². The lowest BCUT2D eigenvalue weighted by Gasteiger charge is -2.19. The van der Waals surface area contributed by atoms with Crippen molar-refractivity contribution < 1.29 is 4.79 Å². The molecule has 2 fully saturated rings. The number of likely N-dealkylation sites (tertiary alicyclic amines) is 1. The summed E-state index contributed by atoms with van der Waals surface area (Å²) in [7, 11) is 0. The van der Waals surface area contributed by atoms with Crippen LogP contribution in [0.3, 0.4) is 0 Å². The van der Waals surface area contributed by atoms with Gasteiger partial charge in [0.15, 0.2) is 0 Å². The van der Waals surface area contributed by atoms with E-state index in [2.05, 4.69) is 24.5 Å². The number of amides is 1. The van der Waals surface area contributed by atoms with Crippen molar-refractivity contribution in [1.29, 1.82) is 0 Å². The Hall–Kier alpha value is -0.180. The zero-order valence-corrected chi connectivity index (χ0v) is 11.1. The molecule has 2 rings (SSSR count). The molecule has 1 aliphatic carbocycles. The van der Waals surface area contributed by atoms with E-state index in [4.69, 9.17) is 0 Å². The van der Waals surface area contributed by atoms with Gasteiger partial charge in [-0.15, -0.1) is 0 Å². The van der Waals surface area contributed by atoms with E-state index < -0.39 is 0 Å². The van der Waals surface area contributed by atoms with Crippen molar-refractivity contribution in [3.8, 4) is 0 Å². The lowest BCUT2D eigenvalue weighted by molar-refractivity contribution is -0.131. The largest absolute Gasteiger partial charge is 0.342 e. The molecule has 0 radical (unpaired) electrons. The van der Waals surface area contributed by atoms with E-state index in [0.717, 1.165) is 31.2 Å². The quantitative estimate of drug-likeness (QED) is 0.734. The molecule has 1 saturated carbocycles. The van der Waals surface area contributed by atoms with Crippen molar-refractivity contribution in [2.24, 2.45) is 11.3 Å². The minimum atomic E-state index is 0.281. The van der Waals surface area contributed by atoms with Crippen molar-refractivity contribution in [2.45, 2.75) is 45.4 Å². The Bertz CT molecular complexity index is 263. The van der Waals surface area contributed by atoms with Gasteiger partial charge >= 0.3 is 0 Å². The Morgan fingerprint density at radius 1 is 1.50 bits per heavy atom. The first-order valence-electron chi connectivity index (χ1n) is 6.58. The number of hydrogen-bond acceptors (Lipinski definition) is 2.